The molecule has 1 atom stereocenters. The fraction of sp³-hybridized carbons (Fsp3) is 0.474. The molecular weight excluding hydrogens is 348 g/mol. The summed E-state index contributed by atoms with van der Waals surface area (Å²) in [4.78, 5) is 49.9. The molecule has 0 aliphatic carbocycles. The smallest absolute Gasteiger partial charge is 0.262 e. The number of rotatable bonds is 4. The van der Waals surface area contributed by atoms with Gasteiger partial charge in [0.1, 0.15) is 6.04 Å². The van der Waals surface area contributed by atoms with Crippen molar-refractivity contribution in [1.29, 1.82) is 0 Å². The van der Waals surface area contributed by atoms with Crippen molar-refractivity contribution in [3.63, 3.8) is 0 Å². The number of amides is 4. The summed E-state index contributed by atoms with van der Waals surface area (Å²) < 4.78 is 0. The van der Waals surface area contributed by atoms with Crippen LogP contribution in [0.25, 0.3) is 0 Å². The summed E-state index contributed by atoms with van der Waals surface area (Å²) in [6.45, 7) is 2.61. The average Bonchev–Trinajstić information content (AvgIpc) is 2.92. The molecule has 3 aliphatic rings. The third kappa shape index (κ3) is 3.38. The molecule has 0 aromatic heterocycles. The Morgan fingerprint density at radius 2 is 1.74 bits per heavy atom. The molecule has 2 fully saturated rings. The van der Waals surface area contributed by atoms with E-state index >= 15 is 0 Å². The van der Waals surface area contributed by atoms with Crippen LogP contribution in [0.2, 0.25) is 0 Å². The highest BCUT2D eigenvalue weighted by Crippen LogP contribution is 2.28. The Morgan fingerprint density at radius 3 is 2.48 bits per heavy atom. The van der Waals surface area contributed by atoms with Gasteiger partial charge in [0.2, 0.25) is 11.8 Å². The molecule has 27 heavy (non-hydrogen) atoms. The number of fused-ring (bicyclic) bond motifs is 1. The first-order valence-electron chi connectivity index (χ1n) is 9.33. The maximum Gasteiger partial charge on any atom is 0.262 e. The summed E-state index contributed by atoms with van der Waals surface area (Å²) >= 11 is 0. The predicted octanol–water partition coefficient (Wildman–Crippen LogP) is -0.0706. The minimum absolute atomic E-state index is 0.120. The van der Waals surface area contributed by atoms with Gasteiger partial charge in [-0.1, -0.05) is 6.07 Å². The van der Waals surface area contributed by atoms with Crippen molar-refractivity contribution in [2.75, 3.05) is 13.1 Å². The number of carbonyl (C=O) groups is 4. The van der Waals surface area contributed by atoms with E-state index < -0.39 is 23.8 Å². The van der Waals surface area contributed by atoms with E-state index in [-0.39, 0.29) is 18.7 Å². The molecule has 8 heteroatoms. The first-order chi connectivity index (χ1) is 13.0. The quantitative estimate of drug-likeness (QED) is 0.641. The minimum Gasteiger partial charge on any atom is -0.317 e. The van der Waals surface area contributed by atoms with E-state index in [4.69, 9.17) is 0 Å². The average molecular weight is 370 g/mol. The Bertz CT molecular complexity index is 816. The molecule has 4 amide bonds. The van der Waals surface area contributed by atoms with Gasteiger partial charge >= 0.3 is 0 Å². The monoisotopic (exact) mass is 370 g/mol. The molecule has 1 unspecified atom stereocenters. The number of nitrogens with zero attached hydrogens (tertiary/aromatic N) is 1. The molecule has 8 nitrogen and oxygen atoms in total. The Labute approximate surface area is 156 Å². The standard InChI is InChI=1S/C19H22N4O4/c24-16-4-3-15(17(25)22-16)23-18(26)13-2-1-11(9-14(13)19(23)27)10-21-12-5-7-20-8-6-12/h1-2,9,12,15,20-21H,3-8,10H2,(H,22,24,25). The summed E-state index contributed by atoms with van der Waals surface area (Å²) in [6, 6.07) is 4.74. The first kappa shape index (κ1) is 17.8. The number of piperidine rings is 2. The van der Waals surface area contributed by atoms with Gasteiger partial charge in [0, 0.05) is 19.0 Å². The molecule has 3 N–H and O–H groups in total. The van der Waals surface area contributed by atoms with Crippen LogP contribution in [0.4, 0.5) is 0 Å². The van der Waals surface area contributed by atoms with E-state index in [0.717, 1.165) is 36.4 Å². The van der Waals surface area contributed by atoms with E-state index in [1.807, 2.05) is 6.07 Å². The van der Waals surface area contributed by atoms with Gasteiger partial charge < -0.3 is 10.6 Å². The highest BCUT2D eigenvalue weighted by Gasteiger charge is 2.44. The van der Waals surface area contributed by atoms with Gasteiger partial charge in [-0.25, -0.2) is 0 Å². The Kier molecular flexibility index (Phi) is 4.75. The number of hydrogen-bond donors (Lipinski definition) is 3. The van der Waals surface area contributed by atoms with Crippen molar-refractivity contribution >= 4 is 23.6 Å². The van der Waals surface area contributed by atoms with Crippen LogP contribution in [0, 0.1) is 0 Å². The zero-order chi connectivity index (χ0) is 19.0. The lowest BCUT2D eigenvalue weighted by Crippen LogP contribution is -2.54. The van der Waals surface area contributed by atoms with Gasteiger partial charge in [0.15, 0.2) is 0 Å². The predicted molar refractivity (Wildman–Crippen MR) is 95.8 cm³/mol. The molecule has 1 aromatic carbocycles. The van der Waals surface area contributed by atoms with E-state index in [1.54, 1.807) is 12.1 Å². The van der Waals surface area contributed by atoms with E-state index in [0.29, 0.717) is 23.7 Å². The summed E-state index contributed by atoms with van der Waals surface area (Å²) in [6.07, 6.45) is 2.41. The van der Waals surface area contributed by atoms with E-state index in [1.165, 1.54) is 0 Å². The lowest BCUT2D eigenvalue weighted by Gasteiger charge is -2.27. The van der Waals surface area contributed by atoms with E-state index in [9.17, 15) is 19.2 Å². The van der Waals surface area contributed by atoms with Gasteiger partial charge in [0.25, 0.3) is 11.8 Å². The fourth-order valence-corrected chi connectivity index (χ4v) is 3.92. The Balaban J connectivity index is 1.49. The van der Waals surface area contributed by atoms with Gasteiger partial charge in [0.05, 0.1) is 11.1 Å². The van der Waals surface area contributed by atoms with Crippen molar-refractivity contribution in [3.8, 4) is 0 Å². The summed E-state index contributed by atoms with van der Waals surface area (Å²) in [5, 5.41) is 9.01. The van der Waals surface area contributed by atoms with Gasteiger partial charge in [-0.05, 0) is 50.0 Å². The number of hydrogen-bond acceptors (Lipinski definition) is 6. The number of imide groups is 2. The topological polar surface area (TPSA) is 108 Å². The lowest BCUT2D eigenvalue weighted by molar-refractivity contribution is -0.136. The molecule has 1 aromatic rings. The SMILES string of the molecule is O=C1CCC(N2C(=O)c3ccc(CNC4CCNCC4)cc3C2=O)C(=O)N1. The molecule has 0 bridgehead atoms. The maximum atomic E-state index is 12.8. The van der Waals surface area contributed by atoms with Crippen LogP contribution in [0.3, 0.4) is 0 Å². The molecule has 0 radical (unpaired) electrons. The molecular formula is C19H22N4O4. The molecule has 3 aliphatic heterocycles. The summed E-state index contributed by atoms with van der Waals surface area (Å²) in [5.41, 5.74) is 1.57. The third-order valence-corrected chi connectivity index (χ3v) is 5.44. The largest absolute Gasteiger partial charge is 0.317 e. The molecule has 0 spiro atoms. The molecule has 0 saturated carbocycles. The normalized spacial score (nSPS) is 23.6. The van der Waals surface area contributed by atoms with Gasteiger partial charge in [-0.15, -0.1) is 0 Å². The van der Waals surface area contributed by atoms with Gasteiger partial charge in [-0.3, -0.25) is 29.4 Å². The first-order valence-corrected chi connectivity index (χ1v) is 9.33. The highest BCUT2D eigenvalue weighted by molar-refractivity contribution is 6.23. The van der Waals surface area contributed by atoms with E-state index in [2.05, 4.69) is 16.0 Å². The maximum absolute atomic E-state index is 12.8. The van der Waals surface area contributed by atoms with Crippen molar-refractivity contribution in [2.24, 2.45) is 0 Å². The van der Waals surface area contributed by atoms with Crippen LogP contribution in [-0.2, 0) is 16.1 Å². The van der Waals surface area contributed by atoms with Crippen LogP contribution in [-0.4, -0.2) is 53.7 Å². The van der Waals surface area contributed by atoms with Crippen molar-refractivity contribution in [1.82, 2.24) is 20.9 Å². The lowest BCUT2D eigenvalue weighted by atomic mass is 10.0. The zero-order valence-corrected chi connectivity index (χ0v) is 14.9. The zero-order valence-electron chi connectivity index (χ0n) is 14.9. The van der Waals surface area contributed by atoms with Crippen LogP contribution in [0.5, 0.6) is 0 Å². The number of carbonyl (C=O) groups excluding carboxylic acids is 4. The van der Waals surface area contributed by atoms with Crippen LogP contribution in [0.1, 0.15) is 52.0 Å². The molecule has 142 valence electrons. The van der Waals surface area contributed by atoms with Crippen molar-refractivity contribution in [2.45, 2.75) is 44.3 Å². The second-order valence-corrected chi connectivity index (χ2v) is 7.23. The second-order valence-electron chi connectivity index (χ2n) is 7.23. The fourth-order valence-electron chi connectivity index (χ4n) is 3.92. The van der Waals surface area contributed by atoms with Crippen LogP contribution >= 0.6 is 0 Å². The van der Waals surface area contributed by atoms with Crippen molar-refractivity contribution < 1.29 is 19.2 Å². The van der Waals surface area contributed by atoms with Crippen LogP contribution < -0.4 is 16.0 Å². The number of nitrogens with one attached hydrogen (secondary N) is 3. The Morgan fingerprint density at radius 1 is 1.00 bits per heavy atom. The number of benzene rings is 1. The Hall–Kier alpha value is -2.58. The second kappa shape index (κ2) is 7.21. The third-order valence-electron chi connectivity index (χ3n) is 5.44. The van der Waals surface area contributed by atoms with Gasteiger partial charge in [-0.2, -0.15) is 0 Å². The van der Waals surface area contributed by atoms with Crippen molar-refractivity contribution in [3.05, 3.63) is 34.9 Å². The molecule has 3 heterocycles. The van der Waals surface area contributed by atoms with Crippen LogP contribution in [0.15, 0.2) is 18.2 Å². The highest BCUT2D eigenvalue weighted by atomic mass is 16.2. The molecule has 2 saturated heterocycles. The summed E-state index contributed by atoms with van der Waals surface area (Å²) in [7, 11) is 0. The minimum atomic E-state index is -0.925. The summed E-state index contributed by atoms with van der Waals surface area (Å²) in [5.74, 6) is -1.90. The molecule has 4 rings (SSSR count).